The van der Waals surface area contributed by atoms with E-state index in [1.54, 1.807) is 0 Å². The van der Waals surface area contributed by atoms with E-state index in [-0.39, 0.29) is 11.8 Å². The summed E-state index contributed by atoms with van der Waals surface area (Å²) in [5.74, 6) is 3.54. The lowest BCUT2D eigenvalue weighted by Crippen LogP contribution is -2.31. The number of benzene rings is 1. The monoisotopic (exact) mass is 329 g/mol. The van der Waals surface area contributed by atoms with Gasteiger partial charge in [-0.1, -0.05) is 18.9 Å². The van der Waals surface area contributed by atoms with E-state index in [0.29, 0.717) is 19.1 Å². The minimum Gasteiger partial charge on any atom is -0.486 e. The fourth-order valence-electron chi connectivity index (χ4n) is 4.15. The smallest absolute Gasteiger partial charge is 0.223 e. The lowest BCUT2D eigenvalue weighted by atomic mass is 9.90. The van der Waals surface area contributed by atoms with Crippen molar-refractivity contribution in [2.45, 2.75) is 50.9 Å². The molecule has 2 fully saturated rings. The van der Waals surface area contributed by atoms with Crippen molar-refractivity contribution in [1.82, 2.24) is 5.32 Å². The van der Waals surface area contributed by atoms with Crippen LogP contribution in [0.3, 0.4) is 0 Å². The maximum Gasteiger partial charge on any atom is 0.223 e. The Morgan fingerprint density at radius 1 is 1.08 bits per heavy atom. The zero-order valence-electron chi connectivity index (χ0n) is 14.3. The highest BCUT2D eigenvalue weighted by Crippen LogP contribution is 2.46. The molecule has 3 aliphatic rings. The van der Waals surface area contributed by atoms with Gasteiger partial charge in [0.2, 0.25) is 5.91 Å². The van der Waals surface area contributed by atoms with Crippen LogP contribution in [0.5, 0.6) is 11.5 Å². The molecule has 2 saturated carbocycles. The third-order valence-corrected chi connectivity index (χ3v) is 5.67. The third-order valence-electron chi connectivity index (χ3n) is 5.67. The van der Waals surface area contributed by atoms with Crippen molar-refractivity contribution >= 4 is 5.91 Å². The molecule has 0 saturated heterocycles. The lowest BCUT2D eigenvalue weighted by Gasteiger charge is -2.22. The van der Waals surface area contributed by atoms with Crippen molar-refractivity contribution in [3.63, 3.8) is 0 Å². The number of hydrogen-bond acceptors (Lipinski definition) is 3. The molecule has 24 heavy (non-hydrogen) atoms. The summed E-state index contributed by atoms with van der Waals surface area (Å²) in [6.07, 6.45) is 8.17. The van der Waals surface area contributed by atoms with E-state index in [1.165, 1.54) is 31.2 Å². The molecule has 1 heterocycles. The second-order valence-electron chi connectivity index (χ2n) is 7.41. The highest BCUT2D eigenvalue weighted by atomic mass is 16.6. The highest BCUT2D eigenvalue weighted by Gasteiger charge is 2.33. The average Bonchev–Trinajstić information content (AvgIpc) is 3.30. The Hall–Kier alpha value is -1.71. The quantitative estimate of drug-likeness (QED) is 0.866. The molecule has 1 atom stereocenters. The standard InChI is InChI=1S/C20H27NO3/c22-20(15-3-1-2-4-15)21-10-9-17(14-5-6-14)16-7-8-18-19(13-16)24-12-11-23-18/h7-8,13-15,17H,1-6,9-12H2,(H,21,22). The minimum absolute atomic E-state index is 0.263. The number of fused-ring (bicyclic) bond motifs is 1. The van der Waals surface area contributed by atoms with E-state index in [2.05, 4.69) is 17.4 Å². The Bertz CT molecular complexity index is 591. The summed E-state index contributed by atoms with van der Waals surface area (Å²) in [6, 6.07) is 6.36. The zero-order valence-corrected chi connectivity index (χ0v) is 14.3. The van der Waals surface area contributed by atoms with E-state index in [9.17, 15) is 4.79 Å². The summed E-state index contributed by atoms with van der Waals surface area (Å²) < 4.78 is 11.4. The van der Waals surface area contributed by atoms with Crippen molar-refractivity contribution in [3.05, 3.63) is 23.8 Å². The number of hydrogen-bond donors (Lipinski definition) is 1. The minimum atomic E-state index is 0.263. The van der Waals surface area contributed by atoms with Gasteiger partial charge in [0.1, 0.15) is 13.2 Å². The lowest BCUT2D eigenvalue weighted by molar-refractivity contribution is -0.124. The summed E-state index contributed by atoms with van der Waals surface area (Å²) in [5, 5.41) is 3.17. The first-order valence-electron chi connectivity index (χ1n) is 9.48. The average molecular weight is 329 g/mol. The molecule has 1 unspecified atom stereocenters. The third kappa shape index (κ3) is 3.52. The van der Waals surface area contributed by atoms with Crippen LogP contribution in [0.4, 0.5) is 0 Å². The van der Waals surface area contributed by atoms with Gasteiger partial charge in [0.25, 0.3) is 0 Å². The number of carbonyl (C=O) groups excluding carboxylic acids is 1. The predicted molar refractivity (Wildman–Crippen MR) is 92.5 cm³/mol. The van der Waals surface area contributed by atoms with Crippen LogP contribution in [0.25, 0.3) is 0 Å². The molecule has 1 N–H and O–H groups in total. The van der Waals surface area contributed by atoms with Gasteiger partial charge >= 0.3 is 0 Å². The molecular weight excluding hydrogens is 302 g/mol. The van der Waals surface area contributed by atoms with Gasteiger partial charge < -0.3 is 14.8 Å². The van der Waals surface area contributed by atoms with Gasteiger partial charge in [-0.2, -0.15) is 0 Å². The van der Waals surface area contributed by atoms with Crippen molar-refractivity contribution < 1.29 is 14.3 Å². The molecule has 4 rings (SSSR count). The normalized spacial score (nSPS) is 21.5. The molecule has 2 aliphatic carbocycles. The van der Waals surface area contributed by atoms with Gasteiger partial charge in [-0.15, -0.1) is 0 Å². The van der Waals surface area contributed by atoms with Crippen LogP contribution in [0.15, 0.2) is 18.2 Å². The maximum atomic E-state index is 12.2. The van der Waals surface area contributed by atoms with Crippen LogP contribution in [0, 0.1) is 11.8 Å². The molecule has 0 aromatic heterocycles. The number of ether oxygens (including phenoxy) is 2. The molecule has 0 spiro atoms. The first-order chi connectivity index (χ1) is 11.8. The largest absolute Gasteiger partial charge is 0.486 e. The van der Waals surface area contributed by atoms with Crippen LogP contribution in [-0.4, -0.2) is 25.7 Å². The zero-order chi connectivity index (χ0) is 16.4. The summed E-state index contributed by atoms with van der Waals surface area (Å²) in [5.41, 5.74) is 1.33. The van der Waals surface area contributed by atoms with E-state index >= 15 is 0 Å². The fraction of sp³-hybridized carbons (Fsp3) is 0.650. The second kappa shape index (κ2) is 7.04. The fourth-order valence-corrected chi connectivity index (χ4v) is 4.15. The maximum absolute atomic E-state index is 12.2. The molecule has 1 aromatic rings. The number of nitrogens with one attached hydrogen (secondary N) is 1. The van der Waals surface area contributed by atoms with Gasteiger partial charge in [0, 0.05) is 12.5 Å². The van der Waals surface area contributed by atoms with Crippen LogP contribution in [0.2, 0.25) is 0 Å². The Balaban J connectivity index is 1.37. The molecule has 4 nitrogen and oxygen atoms in total. The van der Waals surface area contributed by atoms with E-state index in [0.717, 1.165) is 43.2 Å². The molecule has 4 heteroatoms. The van der Waals surface area contributed by atoms with Gasteiger partial charge in [-0.25, -0.2) is 0 Å². The van der Waals surface area contributed by atoms with Gasteiger partial charge in [0.15, 0.2) is 11.5 Å². The number of amides is 1. The first kappa shape index (κ1) is 15.8. The van der Waals surface area contributed by atoms with Crippen LogP contribution in [0.1, 0.15) is 56.4 Å². The highest BCUT2D eigenvalue weighted by molar-refractivity contribution is 5.78. The molecule has 1 aliphatic heterocycles. The van der Waals surface area contributed by atoms with Gasteiger partial charge in [-0.3, -0.25) is 4.79 Å². The topological polar surface area (TPSA) is 47.6 Å². The van der Waals surface area contributed by atoms with E-state index in [4.69, 9.17) is 9.47 Å². The SMILES string of the molecule is O=C(NCCC(c1ccc2c(c1)OCCO2)C1CC1)C1CCCC1. The summed E-state index contributed by atoms with van der Waals surface area (Å²) in [7, 11) is 0. The first-order valence-corrected chi connectivity index (χ1v) is 9.48. The van der Waals surface area contributed by atoms with Crippen molar-refractivity contribution in [2.75, 3.05) is 19.8 Å². The molecule has 0 radical (unpaired) electrons. The van der Waals surface area contributed by atoms with Gasteiger partial charge in [-0.05, 0) is 61.6 Å². The summed E-state index contributed by atoms with van der Waals surface area (Å²) in [4.78, 5) is 12.2. The second-order valence-corrected chi connectivity index (χ2v) is 7.41. The summed E-state index contributed by atoms with van der Waals surface area (Å²) >= 11 is 0. The molecule has 0 bridgehead atoms. The van der Waals surface area contributed by atoms with Crippen LogP contribution >= 0.6 is 0 Å². The predicted octanol–water partition coefficient (Wildman–Crippen LogP) is 3.65. The Labute approximate surface area is 143 Å². The van der Waals surface area contributed by atoms with E-state index in [1.807, 2.05) is 6.07 Å². The van der Waals surface area contributed by atoms with Gasteiger partial charge in [0.05, 0.1) is 0 Å². The number of carbonyl (C=O) groups is 1. The van der Waals surface area contributed by atoms with Crippen LogP contribution in [-0.2, 0) is 4.79 Å². The molecular formula is C20H27NO3. The van der Waals surface area contributed by atoms with Crippen LogP contribution < -0.4 is 14.8 Å². The molecule has 130 valence electrons. The van der Waals surface area contributed by atoms with Crippen molar-refractivity contribution in [1.29, 1.82) is 0 Å². The molecule has 1 aromatic carbocycles. The van der Waals surface area contributed by atoms with Crippen molar-refractivity contribution in [2.24, 2.45) is 11.8 Å². The Kier molecular flexibility index (Phi) is 4.63. The summed E-state index contributed by atoms with van der Waals surface area (Å²) in [6.45, 7) is 2.04. The van der Waals surface area contributed by atoms with Crippen molar-refractivity contribution in [3.8, 4) is 11.5 Å². The molecule has 1 amide bonds. The number of rotatable bonds is 6. The Morgan fingerprint density at radius 2 is 1.83 bits per heavy atom. The van der Waals surface area contributed by atoms with E-state index < -0.39 is 0 Å². The Morgan fingerprint density at radius 3 is 2.58 bits per heavy atom.